The van der Waals surface area contributed by atoms with Crippen molar-refractivity contribution >= 4 is 35.5 Å². The topological polar surface area (TPSA) is 152 Å². The number of benzene rings is 6. The molecule has 3 saturated heterocycles. The summed E-state index contributed by atoms with van der Waals surface area (Å²) in [6.45, 7) is 4.16. The maximum atomic E-state index is 16.9. The number of hydrogen-bond acceptors (Lipinski definition) is 11. The molecule has 0 radical (unpaired) electrons. The molecule has 376 valence electrons. The molecule has 1 spiro atoms. The van der Waals surface area contributed by atoms with Crippen molar-refractivity contribution in [3.63, 3.8) is 0 Å². The third-order valence-corrected chi connectivity index (χ3v) is 15.1. The molecule has 5 heterocycles. The largest absolute Gasteiger partial charge is 0.508 e. The highest BCUT2D eigenvalue weighted by Gasteiger charge is 2.76. The fourth-order valence-corrected chi connectivity index (χ4v) is 11.7. The van der Waals surface area contributed by atoms with E-state index in [1.165, 1.54) is 0 Å². The predicted octanol–water partition coefficient (Wildman–Crippen LogP) is 8.15. The Labute approximate surface area is 436 Å². The number of piperazine rings is 1. The molecule has 1 aromatic heterocycles. The Balaban J connectivity index is 1.13. The van der Waals surface area contributed by atoms with Crippen molar-refractivity contribution in [2.45, 2.75) is 49.2 Å². The number of hydrogen-bond donors (Lipinski definition) is 2. The number of urea groups is 1. The molecule has 4 amide bonds. The first-order valence-electron chi connectivity index (χ1n) is 25.3. The normalized spacial score (nSPS) is 22.5. The van der Waals surface area contributed by atoms with Gasteiger partial charge >= 0.3 is 12.0 Å². The molecular weight excluding hydrogens is 941 g/mol. The van der Waals surface area contributed by atoms with Gasteiger partial charge in [-0.2, -0.15) is 0 Å². The SMILES string of the molecule is CC(NC(=O)N1C(=O)C2(c3cc(C#CCN(C)Cc4ccccc4)ccc31)C(C(=O)N1CCN(c3ncccn3)CC1)C1C(=O)OC(c3ccccc3)C(c3ccccc3)N1C2c1ccc(O)cc1)c1ccccc1. The van der Waals surface area contributed by atoms with Crippen molar-refractivity contribution in [3.8, 4) is 17.6 Å². The molecule has 4 aliphatic rings. The van der Waals surface area contributed by atoms with Crippen LogP contribution < -0.4 is 15.1 Å². The van der Waals surface area contributed by atoms with Gasteiger partial charge in [0, 0.05) is 50.7 Å². The zero-order valence-electron chi connectivity index (χ0n) is 41.6. The Morgan fingerprint density at radius 2 is 1.39 bits per heavy atom. The molecule has 2 N–H and O–H groups in total. The van der Waals surface area contributed by atoms with E-state index < -0.39 is 65.4 Å². The minimum Gasteiger partial charge on any atom is -0.508 e. The van der Waals surface area contributed by atoms with E-state index in [2.05, 4.69) is 44.2 Å². The highest BCUT2D eigenvalue weighted by Crippen LogP contribution is 2.66. The second-order valence-electron chi connectivity index (χ2n) is 19.6. The average molecular weight is 997 g/mol. The Kier molecular flexibility index (Phi) is 13.4. The number of nitrogens with one attached hydrogen (secondary N) is 1. The Bertz CT molecular complexity index is 3260. The molecular formula is C61H56N8O6. The van der Waals surface area contributed by atoms with E-state index in [-0.39, 0.29) is 24.5 Å². The molecule has 0 aliphatic carbocycles. The summed E-state index contributed by atoms with van der Waals surface area (Å²) in [6, 6.07) is 48.0. The van der Waals surface area contributed by atoms with E-state index in [9.17, 15) is 5.11 Å². The Morgan fingerprint density at radius 1 is 0.760 bits per heavy atom. The molecule has 7 aromatic rings. The first-order chi connectivity index (χ1) is 36.6. The number of carbonyl (C=O) groups excluding carboxylic acids is 4. The molecule has 6 aromatic carbocycles. The summed E-state index contributed by atoms with van der Waals surface area (Å²) in [5, 5.41) is 14.0. The second-order valence-corrected chi connectivity index (χ2v) is 19.6. The summed E-state index contributed by atoms with van der Waals surface area (Å²) < 4.78 is 6.70. The summed E-state index contributed by atoms with van der Waals surface area (Å²) >= 11 is 0. The monoisotopic (exact) mass is 996 g/mol. The minimum atomic E-state index is -1.99. The number of esters is 1. The van der Waals surface area contributed by atoms with Gasteiger partial charge in [-0.05, 0) is 83.8 Å². The minimum absolute atomic E-state index is 0.0149. The number of carbonyl (C=O) groups is 4. The van der Waals surface area contributed by atoms with E-state index in [0.29, 0.717) is 48.8 Å². The van der Waals surface area contributed by atoms with Crippen LogP contribution in [0.5, 0.6) is 5.75 Å². The number of ether oxygens (including phenoxy) is 1. The predicted molar refractivity (Wildman–Crippen MR) is 284 cm³/mol. The van der Waals surface area contributed by atoms with Crippen molar-refractivity contribution in [1.29, 1.82) is 0 Å². The van der Waals surface area contributed by atoms with Crippen LogP contribution in [-0.4, -0.2) is 99.4 Å². The fraction of sp³-hybridized carbons (Fsp3) is 0.246. The number of cyclic esters (lactones) is 1. The second kappa shape index (κ2) is 20.7. The van der Waals surface area contributed by atoms with Crippen LogP contribution in [0.15, 0.2) is 182 Å². The van der Waals surface area contributed by atoms with Crippen molar-refractivity contribution in [1.82, 2.24) is 30.0 Å². The molecule has 14 heteroatoms. The Morgan fingerprint density at radius 3 is 2.05 bits per heavy atom. The number of phenolic OH excluding ortho intramolecular Hbond substituents is 1. The maximum absolute atomic E-state index is 16.9. The van der Waals surface area contributed by atoms with Crippen LogP contribution in [0.2, 0.25) is 0 Å². The molecule has 0 saturated carbocycles. The fourth-order valence-electron chi connectivity index (χ4n) is 11.7. The van der Waals surface area contributed by atoms with Gasteiger partial charge in [0.05, 0.1) is 36.3 Å². The lowest BCUT2D eigenvalue weighted by Crippen LogP contribution is -2.59. The van der Waals surface area contributed by atoms with Gasteiger partial charge in [-0.3, -0.25) is 24.2 Å². The number of aromatic nitrogens is 2. The van der Waals surface area contributed by atoms with Crippen LogP contribution in [0.4, 0.5) is 16.4 Å². The van der Waals surface area contributed by atoms with Crippen LogP contribution in [0, 0.1) is 17.8 Å². The third kappa shape index (κ3) is 9.04. The average Bonchev–Trinajstić information content (AvgIpc) is 4.02. The number of fused-ring (bicyclic) bond motifs is 3. The van der Waals surface area contributed by atoms with Crippen molar-refractivity contribution in [3.05, 3.63) is 221 Å². The van der Waals surface area contributed by atoms with E-state index in [4.69, 9.17) is 4.74 Å². The zero-order chi connectivity index (χ0) is 51.6. The van der Waals surface area contributed by atoms with Gasteiger partial charge in [0.25, 0.3) is 0 Å². The summed E-state index contributed by atoms with van der Waals surface area (Å²) in [5.41, 5.74) is 3.21. The van der Waals surface area contributed by atoms with Gasteiger partial charge in [-0.15, -0.1) is 0 Å². The number of imide groups is 1. The van der Waals surface area contributed by atoms with E-state index in [1.807, 2.05) is 139 Å². The highest BCUT2D eigenvalue weighted by molar-refractivity contribution is 6.24. The summed E-state index contributed by atoms with van der Waals surface area (Å²) in [7, 11) is 2.00. The highest BCUT2D eigenvalue weighted by atomic mass is 16.6. The summed E-state index contributed by atoms with van der Waals surface area (Å²) in [4.78, 5) is 82.1. The molecule has 7 atom stereocenters. The molecule has 0 bridgehead atoms. The van der Waals surface area contributed by atoms with Crippen LogP contribution in [0.1, 0.15) is 70.1 Å². The molecule has 75 heavy (non-hydrogen) atoms. The number of aromatic hydroxyl groups is 1. The van der Waals surface area contributed by atoms with E-state index in [1.54, 1.807) is 59.8 Å². The quantitative estimate of drug-likeness (QED) is 0.101. The number of morpholine rings is 1. The molecule has 7 unspecified atom stereocenters. The molecule has 11 rings (SSSR count). The standard InChI is InChI=1S/C61H56N8O6/c1-41(44-20-9-4-10-21-44)64-60(74)68-50-31-26-42(19-15-34-65(2)40-43-17-7-3-8-18-43)39-49(50)61(58(68)73)51(56(71)66-35-37-67(38-36-66)59-62-32-16-33-63-59)53-57(72)75-54(46-24-13-6-14-25-46)52(45-22-11-5-12-23-45)69(53)55(61)47-27-29-48(70)30-28-47/h3-14,16-18,20-33,39,41,51-55,70H,34-38,40H2,1-2H3,(H,64,74). The number of phenols is 1. The maximum Gasteiger partial charge on any atom is 0.329 e. The van der Waals surface area contributed by atoms with E-state index in [0.717, 1.165) is 27.2 Å². The van der Waals surface area contributed by atoms with Gasteiger partial charge in [0.1, 0.15) is 23.3 Å². The van der Waals surface area contributed by atoms with Crippen LogP contribution in [0.3, 0.4) is 0 Å². The number of anilines is 2. The lowest BCUT2D eigenvalue weighted by Gasteiger charge is -2.46. The molecule has 3 fully saturated rings. The first kappa shape index (κ1) is 48.6. The third-order valence-electron chi connectivity index (χ3n) is 15.1. The van der Waals surface area contributed by atoms with Crippen molar-refractivity contribution < 1.29 is 29.0 Å². The molecule has 4 aliphatic heterocycles. The number of nitrogens with zero attached hydrogens (tertiary/aromatic N) is 7. The van der Waals surface area contributed by atoms with Gasteiger partial charge in [0.2, 0.25) is 17.8 Å². The smallest absolute Gasteiger partial charge is 0.329 e. The number of rotatable bonds is 10. The van der Waals surface area contributed by atoms with Crippen molar-refractivity contribution in [2.75, 3.05) is 49.6 Å². The van der Waals surface area contributed by atoms with E-state index >= 15 is 19.2 Å². The molecule has 14 nitrogen and oxygen atoms in total. The lowest BCUT2D eigenvalue weighted by atomic mass is 9.64. The van der Waals surface area contributed by atoms with Crippen LogP contribution in [-0.2, 0) is 31.1 Å². The van der Waals surface area contributed by atoms with Gasteiger partial charge < -0.3 is 25.0 Å². The number of amides is 4. The van der Waals surface area contributed by atoms with Crippen LogP contribution >= 0.6 is 0 Å². The summed E-state index contributed by atoms with van der Waals surface area (Å²) in [6.07, 6.45) is 2.45. The Hall–Kier alpha value is -8.64. The lowest BCUT2D eigenvalue weighted by molar-refractivity contribution is -0.179. The van der Waals surface area contributed by atoms with Gasteiger partial charge in [-0.25, -0.2) is 19.7 Å². The first-order valence-corrected chi connectivity index (χ1v) is 25.3. The van der Waals surface area contributed by atoms with Gasteiger partial charge in [0.15, 0.2) is 0 Å². The van der Waals surface area contributed by atoms with Crippen LogP contribution in [0.25, 0.3) is 0 Å². The summed E-state index contributed by atoms with van der Waals surface area (Å²) in [5.74, 6) is 3.95. The van der Waals surface area contributed by atoms with Gasteiger partial charge in [-0.1, -0.05) is 145 Å². The zero-order valence-corrected chi connectivity index (χ0v) is 41.6. The van der Waals surface area contributed by atoms with Crippen molar-refractivity contribution in [2.24, 2.45) is 5.92 Å².